The molecule has 0 radical (unpaired) electrons. The lowest BCUT2D eigenvalue weighted by Gasteiger charge is -2.19. The van der Waals surface area contributed by atoms with Crippen LogP contribution in [0, 0.1) is 11.8 Å². The number of fused-ring (bicyclic) bond motifs is 2. The third-order valence-corrected chi connectivity index (χ3v) is 10.2. The fraction of sp³-hybridized carbons (Fsp3) is 0.438. The molecule has 0 bridgehead atoms. The molecule has 54 heavy (non-hydrogen) atoms. The van der Waals surface area contributed by atoms with Gasteiger partial charge in [-0.3, -0.25) is 38.0 Å². The van der Waals surface area contributed by atoms with Gasteiger partial charge in [0.1, 0.15) is 30.9 Å². The Morgan fingerprint density at radius 2 is 1.76 bits per heavy atom. The Labute approximate surface area is 306 Å². The molecule has 22 heteroatoms. The van der Waals surface area contributed by atoms with E-state index in [9.17, 15) is 33.0 Å². The molecule has 0 saturated carbocycles. The Hall–Kier alpha value is -5.23. The summed E-state index contributed by atoms with van der Waals surface area (Å²) >= 11 is 0. The number of carbonyl (C=O) groups excluding carboxylic acids is 2. The minimum atomic E-state index is -4.47. The predicted molar refractivity (Wildman–Crippen MR) is 188 cm³/mol. The van der Waals surface area contributed by atoms with Crippen LogP contribution in [0.3, 0.4) is 0 Å². The first-order valence-corrected chi connectivity index (χ1v) is 18.3. The number of aromatic amines is 1. The third-order valence-electron chi connectivity index (χ3n) is 9.21. The van der Waals surface area contributed by atoms with Gasteiger partial charge in [-0.25, -0.2) is 19.9 Å². The van der Waals surface area contributed by atoms with Gasteiger partial charge in [0.05, 0.1) is 25.4 Å². The Balaban J connectivity index is 1.01. The van der Waals surface area contributed by atoms with Crippen LogP contribution in [0.15, 0.2) is 54.1 Å². The van der Waals surface area contributed by atoms with E-state index < -0.39 is 71.2 Å². The largest absolute Gasteiger partial charge is 0.394 e. The van der Waals surface area contributed by atoms with Crippen LogP contribution in [0.25, 0.3) is 22.3 Å². The average molecular weight is 768 g/mol. The molecule has 6 heterocycles. The van der Waals surface area contributed by atoms with Crippen molar-refractivity contribution in [3.63, 3.8) is 0 Å². The second-order valence-electron chi connectivity index (χ2n) is 13.1. The van der Waals surface area contributed by atoms with Crippen molar-refractivity contribution in [3.05, 3.63) is 65.2 Å². The first kappa shape index (κ1) is 37.1. The molecule has 2 fully saturated rings. The van der Waals surface area contributed by atoms with Crippen LogP contribution in [0.1, 0.15) is 50.0 Å². The molecule has 2 saturated heterocycles. The van der Waals surface area contributed by atoms with Crippen molar-refractivity contribution in [1.82, 2.24) is 43.8 Å². The lowest BCUT2D eigenvalue weighted by molar-refractivity contribution is -0.118. The highest BCUT2D eigenvalue weighted by Gasteiger charge is 2.44. The number of ether oxygens (including phenoxy) is 2. The number of imidazole rings is 2. The van der Waals surface area contributed by atoms with E-state index in [1.165, 1.54) is 28.1 Å². The summed E-state index contributed by atoms with van der Waals surface area (Å²) in [6.07, 6.45) is -2.27. The van der Waals surface area contributed by atoms with Crippen molar-refractivity contribution in [2.75, 3.05) is 23.8 Å². The smallest absolute Gasteiger partial charge is 0.336 e. The van der Waals surface area contributed by atoms with Crippen molar-refractivity contribution in [2.45, 2.75) is 64.1 Å². The van der Waals surface area contributed by atoms with E-state index in [0.717, 1.165) is 0 Å². The van der Waals surface area contributed by atoms with Crippen LogP contribution in [0.2, 0.25) is 0 Å². The summed E-state index contributed by atoms with van der Waals surface area (Å²) in [5.74, 6) is -1.72. The Morgan fingerprint density at radius 1 is 1.02 bits per heavy atom. The number of hydrogen-bond donors (Lipinski definition) is 6. The highest BCUT2D eigenvalue weighted by molar-refractivity contribution is 7.84. The fourth-order valence-corrected chi connectivity index (χ4v) is 7.16. The van der Waals surface area contributed by atoms with Gasteiger partial charge in [-0.1, -0.05) is 39.0 Å². The number of H-pyrrole nitrogens is 1. The standard InChI is InChI=1S/C32H37N11O10S/c1-15(2)28(46)40-32-39-27-23(30(48)41-32)36-14-43(27)31-24(45)16(3)19(52-31)10-37-54(49,50)53-18-9-21(51-20(18)11-44)42-13-35-22-25(33-12-34-26(22)42)38-29(47)17-7-5-4-6-8-17/h4-8,12-16,18-21,24,31,37,44-45H,9-11H2,1-3H3,(H,33,34,38,47)(H2,39,40,41,46,48)/t16-,18+,19-,20-,21?,24-,31-/m1/s1. The van der Waals surface area contributed by atoms with Crippen molar-refractivity contribution >= 4 is 56.2 Å². The number of benzene rings is 1. The summed E-state index contributed by atoms with van der Waals surface area (Å²) in [7, 11) is -4.47. The average Bonchev–Trinajstić information content (AvgIpc) is 3.93. The zero-order chi connectivity index (χ0) is 38.3. The Kier molecular flexibility index (Phi) is 10.2. The first-order chi connectivity index (χ1) is 25.8. The maximum absolute atomic E-state index is 13.2. The number of carbonyl (C=O) groups is 2. The number of aliphatic hydroxyl groups excluding tert-OH is 2. The molecule has 5 aromatic rings. The van der Waals surface area contributed by atoms with E-state index in [-0.39, 0.29) is 53.2 Å². The van der Waals surface area contributed by atoms with Gasteiger partial charge < -0.3 is 25.0 Å². The first-order valence-electron chi connectivity index (χ1n) is 16.9. The normalized spacial score (nSPS) is 24.4. The van der Waals surface area contributed by atoms with E-state index in [2.05, 4.69) is 45.3 Å². The van der Waals surface area contributed by atoms with Crippen molar-refractivity contribution in [3.8, 4) is 0 Å². The predicted octanol–water partition coefficient (Wildman–Crippen LogP) is 0.200. The molecular formula is C32H37N11O10S. The molecule has 6 N–H and O–H groups in total. The number of anilines is 2. The molecule has 7 rings (SSSR count). The summed E-state index contributed by atoms with van der Waals surface area (Å²) in [4.78, 5) is 61.2. The van der Waals surface area contributed by atoms with Crippen molar-refractivity contribution in [2.24, 2.45) is 11.8 Å². The highest BCUT2D eigenvalue weighted by atomic mass is 32.2. The van der Waals surface area contributed by atoms with Crippen LogP contribution in [-0.4, -0.2) is 107 Å². The minimum Gasteiger partial charge on any atom is -0.394 e. The lowest BCUT2D eigenvalue weighted by atomic mass is 10.0. The number of aromatic nitrogens is 8. The van der Waals surface area contributed by atoms with Crippen LogP contribution < -0.4 is 20.9 Å². The summed E-state index contributed by atoms with van der Waals surface area (Å²) in [5, 5.41) is 26.4. The second-order valence-corrected chi connectivity index (χ2v) is 14.5. The maximum atomic E-state index is 13.2. The molecule has 21 nitrogen and oxygen atoms in total. The van der Waals surface area contributed by atoms with Crippen LogP contribution in [0.5, 0.6) is 0 Å². The van der Waals surface area contributed by atoms with Gasteiger partial charge in [-0.05, 0) is 12.1 Å². The van der Waals surface area contributed by atoms with Crippen LogP contribution in [-0.2, 0) is 28.8 Å². The monoisotopic (exact) mass is 767 g/mol. The SMILES string of the molecule is CC(C)C(=O)Nc1nc2c(ncn2[C@@H]2O[C@H](CNS(=O)(=O)O[C@H]3CC(n4cnc5c(NC(=O)c6ccccc6)ncnc54)O[C@@H]3CO)[C@@H](C)[C@H]2O)c(=O)[nH]1. The van der Waals surface area contributed by atoms with E-state index >= 15 is 0 Å². The van der Waals surface area contributed by atoms with E-state index in [0.29, 0.717) is 11.2 Å². The van der Waals surface area contributed by atoms with Crippen LogP contribution >= 0.6 is 0 Å². The van der Waals surface area contributed by atoms with Gasteiger partial charge in [0.15, 0.2) is 34.4 Å². The van der Waals surface area contributed by atoms with Gasteiger partial charge in [0, 0.05) is 30.4 Å². The zero-order valence-electron chi connectivity index (χ0n) is 29.1. The molecular weight excluding hydrogens is 730 g/mol. The molecule has 0 spiro atoms. The van der Waals surface area contributed by atoms with Crippen molar-refractivity contribution < 1.29 is 41.9 Å². The van der Waals surface area contributed by atoms with E-state index in [4.69, 9.17) is 13.7 Å². The quantitative estimate of drug-likeness (QED) is 0.0989. The van der Waals surface area contributed by atoms with E-state index in [1.807, 2.05) is 0 Å². The molecule has 1 aromatic carbocycles. The minimum absolute atomic E-state index is 0.0239. The maximum Gasteiger partial charge on any atom is 0.336 e. The number of aliphatic hydroxyl groups is 2. The summed E-state index contributed by atoms with van der Waals surface area (Å²) in [6.45, 7) is 4.14. The molecule has 0 aliphatic carbocycles. The molecule has 2 aliphatic rings. The number of nitrogens with one attached hydrogen (secondary N) is 4. The summed E-state index contributed by atoms with van der Waals surface area (Å²) in [5.41, 5.74) is 0.333. The number of amides is 2. The summed E-state index contributed by atoms with van der Waals surface area (Å²) < 4.78 is 49.1. The molecule has 2 aliphatic heterocycles. The van der Waals surface area contributed by atoms with Crippen molar-refractivity contribution in [1.29, 1.82) is 0 Å². The molecule has 286 valence electrons. The van der Waals surface area contributed by atoms with Gasteiger partial charge in [0.2, 0.25) is 11.9 Å². The third kappa shape index (κ3) is 7.31. The zero-order valence-corrected chi connectivity index (χ0v) is 29.9. The molecule has 4 aromatic heterocycles. The Morgan fingerprint density at radius 3 is 2.50 bits per heavy atom. The van der Waals surface area contributed by atoms with Gasteiger partial charge in [-0.15, -0.1) is 0 Å². The molecule has 7 atom stereocenters. The van der Waals surface area contributed by atoms with Gasteiger partial charge in [-0.2, -0.15) is 18.1 Å². The number of hydrogen-bond acceptors (Lipinski definition) is 15. The molecule has 1 unspecified atom stereocenters. The molecule has 2 amide bonds. The highest BCUT2D eigenvalue weighted by Crippen LogP contribution is 2.36. The Bertz CT molecular complexity index is 2350. The summed E-state index contributed by atoms with van der Waals surface area (Å²) in [6, 6.07) is 8.54. The topological polar surface area (TPSA) is 280 Å². The fourth-order valence-electron chi connectivity index (χ4n) is 6.20. The number of rotatable bonds is 12. The number of nitrogens with zero attached hydrogens (tertiary/aromatic N) is 7. The lowest BCUT2D eigenvalue weighted by Crippen LogP contribution is -2.40. The van der Waals surface area contributed by atoms with Gasteiger partial charge >= 0.3 is 10.3 Å². The van der Waals surface area contributed by atoms with E-state index in [1.54, 1.807) is 51.1 Å². The van der Waals surface area contributed by atoms with Gasteiger partial charge in [0.25, 0.3) is 11.5 Å². The van der Waals surface area contributed by atoms with Crippen LogP contribution in [0.4, 0.5) is 11.8 Å². The second kappa shape index (κ2) is 14.9.